The Morgan fingerprint density at radius 2 is 1.57 bits per heavy atom. The van der Waals surface area contributed by atoms with Gasteiger partial charge in [-0.25, -0.2) is 0 Å². The Balaban J connectivity index is 1.72. The van der Waals surface area contributed by atoms with Crippen molar-refractivity contribution >= 4 is 0 Å². The number of likely N-dealkylation sites (tertiary alicyclic amines) is 1. The molecule has 0 aromatic heterocycles. The summed E-state index contributed by atoms with van der Waals surface area (Å²) in [4.78, 5) is 2.63. The zero-order valence-electron chi connectivity index (χ0n) is 12.9. The van der Waals surface area contributed by atoms with E-state index < -0.39 is 0 Å². The van der Waals surface area contributed by atoms with Crippen LogP contribution < -0.4 is 0 Å². The van der Waals surface area contributed by atoms with Gasteiger partial charge in [-0.1, -0.05) is 74.0 Å². The topological polar surface area (TPSA) is 3.24 Å². The number of hydrogen-bond donors (Lipinski definition) is 0. The van der Waals surface area contributed by atoms with Gasteiger partial charge < -0.3 is 0 Å². The van der Waals surface area contributed by atoms with Gasteiger partial charge in [-0.15, -0.1) is 0 Å². The summed E-state index contributed by atoms with van der Waals surface area (Å²) >= 11 is 0. The fourth-order valence-electron chi connectivity index (χ4n) is 3.67. The molecule has 3 rings (SSSR count). The molecule has 0 amide bonds. The highest BCUT2D eigenvalue weighted by Crippen LogP contribution is 2.35. The summed E-state index contributed by atoms with van der Waals surface area (Å²) in [6.45, 7) is 5.83. The second kappa shape index (κ2) is 6.91. The molecule has 2 aromatic carbocycles. The van der Waals surface area contributed by atoms with E-state index in [-0.39, 0.29) is 0 Å². The number of rotatable bonds is 5. The van der Waals surface area contributed by atoms with Crippen LogP contribution in [-0.4, -0.2) is 18.0 Å². The SMILES string of the molecule is CCC[C@H]1CN(Cc2ccccc2)C[C@@H]1c1ccccc1. The van der Waals surface area contributed by atoms with E-state index in [1.54, 1.807) is 0 Å². The smallest absolute Gasteiger partial charge is 0.0234 e. The van der Waals surface area contributed by atoms with Gasteiger partial charge in [0.05, 0.1) is 0 Å². The Bertz CT molecular complexity index is 534. The number of hydrogen-bond acceptors (Lipinski definition) is 1. The quantitative estimate of drug-likeness (QED) is 0.766. The normalized spacial score (nSPS) is 22.5. The molecule has 21 heavy (non-hydrogen) atoms. The molecule has 2 aromatic rings. The molecule has 1 saturated heterocycles. The van der Waals surface area contributed by atoms with Gasteiger partial charge in [-0.2, -0.15) is 0 Å². The maximum absolute atomic E-state index is 2.63. The second-order valence-electron chi connectivity index (χ2n) is 6.25. The lowest BCUT2D eigenvalue weighted by atomic mass is 9.86. The molecule has 0 spiro atoms. The van der Waals surface area contributed by atoms with Crippen LogP contribution in [0.1, 0.15) is 36.8 Å². The molecule has 0 N–H and O–H groups in total. The van der Waals surface area contributed by atoms with Crippen molar-refractivity contribution in [3.8, 4) is 0 Å². The minimum absolute atomic E-state index is 0.704. The first kappa shape index (κ1) is 14.3. The summed E-state index contributed by atoms with van der Waals surface area (Å²) in [6, 6.07) is 22.0. The first-order valence-electron chi connectivity index (χ1n) is 8.18. The van der Waals surface area contributed by atoms with Gasteiger partial charge in [0.15, 0.2) is 0 Å². The molecule has 0 bridgehead atoms. The highest BCUT2D eigenvalue weighted by Gasteiger charge is 2.32. The maximum Gasteiger partial charge on any atom is 0.0234 e. The van der Waals surface area contributed by atoms with Crippen molar-refractivity contribution in [2.75, 3.05) is 13.1 Å². The fourth-order valence-corrected chi connectivity index (χ4v) is 3.67. The van der Waals surface area contributed by atoms with Gasteiger partial charge in [0.1, 0.15) is 0 Å². The standard InChI is InChI=1S/C20H25N/c1-2-9-19-15-21(14-17-10-5-3-6-11-17)16-20(19)18-12-7-4-8-13-18/h3-8,10-13,19-20H,2,9,14-16H2,1H3/t19-,20+/m0/s1. The van der Waals surface area contributed by atoms with Crippen molar-refractivity contribution < 1.29 is 0 Å². The van der Waals surface area contributed by atoms with Gasteiger partial charge in [-0.3, -0.25) is 4.90 Å². The van der Waals surface area contributed by atoms with Crippen molar-refractivity contribution in [2.24, 2.45) is 5.92 Å². The Hall–Kier alpha value is -1.60. The van der Waals surface area contributed by atoms with Crippen molar-refractivity contribution in [3.05, 3.63) is 71.8 Å². The molecule has 0 aliphatic carbocycles. The summed E-state index contributed by atoms with van der Waals surface area (Å²) < 4.78 is 0. The van der Waals surface area contributed by atoms with Gasteiger partial charge in [-0.05, 0) is 23.5 Å². The van der Waals surface area contributed by atoms with Crippen molar-refractivity contribution in [2.45, 2.75) is 32.2 Å². The van der Waals surface area contributed by atoms with Crippen molar-refractivity contribution in [1.29, 1.82) is 0 Å². The molecule has 0 unspecified atom stereocenters. The molecule has 1 fully saturated rings. The van der Waals surface area contributed by atoms with E-state index in [4.69, 9.17) is 0 Å². The molecule has 2 atom stereocenters. The monoisotopic (exact) mass is 279 g/mol. The van der Waals surface area contributed by atoms with E-state index in [0.717, 1.165) is 12.5 Å². The average molecular weight is 279 g/mol. The van der Waals surface area contributed by atoms with E-state index in [9.17, 15) is 0 Å². The van der Waals surface area contributed by atoms with E-state index >= 15 is 0 Å². The number of benzene rings is 2. The van der Waals surface area contributed by atoms with Gasteiger partial charge >= 0.3 is 0 Å². The highest BCUT2D eigenvalue weighted by atomic mass is 15.2. The van der Waals surface area contributed by atoms with E-state index in [1.165, 1.54) is 37.1 Å². The minimum Gasteiger partial charge on any atom is -0.298 e. The van der Waals surface area contributed by atoms with Crippen LogP contribution >= 0.6 is 0 Å². The predicted octanol–water partition coefficient (Wildman–Crippen LogP) is 4.70. The third-order valence-corrected chi connectivity index (χ3v) is 4.65. The molecule has 1 heterocycles. The van der Waals surface area contributed by atoms with Crippen molar-refractivity contribution in [3.63, 3.8) is 0 Å². The molecule has 1 heteroatoms. The molecule has 0 saturated carbocycles. The van der Waals surface area contributed by atoms with Crippen LogP contribution in [0.25, 0.3) is 0 Å². The molecule has 1 aliphatic rings. The van der Waals surface area contributed by atoms with Gasteiger partial charge in [0.25, 0.3) is 0 Å². The summed E-state index contributed by atoms with van der Waals surface area (Å²) in [7, 11) is 0. The van der Waals surface area contributed by atoms with Crippen LogP contribution in [-0.2, 0) is 6.54 Å². The van der Waals surface area contributed by atoms with Crippen LogP contribution in [0.4, 0.5) is 0 Å². The molecule has 110 valence electrons. The van der Waals surface area contributed by atoms with E-state index in [0.29, 0.717) is 5.92 Å². The van der Waals surface area contributed by atoms with Crippen LogP contribution in [0.2, 0.25) is 0 Å². The predicted molar refractivity (Wildman–Crippen MR) is 89.3 cm³/mol. The second-order valence-corrected chi connectivity index (χ2v) is 6.25. The Kier molecular flexibility index (Phi) is 4.72. The fraction of sp³-hybridized carbons (Fsp3) is 0.400. The molecule has 1 nitrogen and oxygen atoms in total. The van der Waals surface area contributed by atoms with Gasteiger partial charge in [0.2, 0.25) is 0 Å². The van der Waals surface area contributed by atoms with Gasteiger partial charge in [0, 0.05) is 25.6 Å². The molecular formula is C20H25N. The van der Waals surface area contributed by atoms with Crippen LogP contribution in [0.15, 0.2) is 60.7 Å². The summed E-state index contributed by atoms with van der Waals surface area (Å²) in [6.07, 6.45) is 2.62. The lowest BCUT2D eigenvalue weighted by Crippen LogP contribution is -2.20. The third-order valence-electron chi connectivity index (χ3n) is 4.65. The molecule has 0 radical (unpaired) electrons. The zero-order chi connectivity index (χ0) is 14.5. The summed E-state index contributed by atoms with van der Waals surface area (Å²) in [5.41, 5.74) is 2.95. The maximum atomic E-state index is 2.63. The molecular weight excluding hydrogens is 254 g/mol. The average Bonchev–Trinajstić information content (AvgIpc) is 2.92. The van der Waals surface area contributed by atoms with Crippen molar-refractivity contribution in [1.82, 2.24) is 4.90 Å². The molecule has 1 aliphatic heterocycles. The zero-order valence-corrected chi connectivity index (χ0v) is 12.9. The number of nitrogens with zero attached hydrogens (tertiary/aromatic N) is 1. The minimum atomic E-state index is 0.704. The summed E-state index contributed by atoms with van der Waals surface area (Å²) in [5, 5.41) is 0. The lowest BCUT2D eigenvalue weighted by Gasteiger charge is -2.17. The third kappa shape index (κ3) is 3.54. The highest BCUT2D eigenvalue weighted by molar-refractivity contribution is 5.23. The van der Waals surface area contributed by atoms with Crippen LogP contribution in [0, 0.1) is 5.92 Å². The van der Waals surface area contributed by atoms with E-state index in [2.05, 4.69) is 72.5 Å². The lowest BCUT2D eigenvalue weighted by molar-refractivity contribution is 0.312. The summed E-state index contributed by atoms with van der Waals surface area (Å²) in [5.74, 6) is 1.51. The largest absolute Gasteiger partial charge is 0.298 e. The van der Waals surface area contributed by atoms with Crippen LogP contribution in [0.5, 0.6) is 0 Å². The first-order chi connectivity index (χ1) is 10.4. The Morgan fingerprint density at radius 1 is 0.905 bits per heavy atom. The van der Waals surface area contributed by atoms with Crippen LogP contribution in [0.3, 0.4) is 0 Å². The first-order valence-corrected chi connectivity index (χ1v) is 8.18. The van der Waals surface area contributed by atoms with E-state index in [1.807, 2.05) is 0 Å². The Labute approximate surface area is 128 Å². The Morgan fingerprint density at radius 3 is 2.24 bits per heavy atom.